The predicted octanol–water partition coefficient (Wildman–Crippen LogP) is 3.50. The number of para-hydroxylation sites is 1. The molecule has 1 aromatic carbocycles. The Morgan fingerprint density at radius 1 is 1.05 bits per heavy atom. The standard InChI is InChI=1S/C17H17N3O/c1-11-6-7-13-4-3-5-15(17(13)20-11)21-16-8-12(2)19-10-14(16)9-18/h3-8,10H,9,18H2,1-2H3. The maximum absolute atomic E-state index is 6.07. The Hall–Kier alpha value is -2.46. The minimum atomic E-state index is 0.389. The molecule has 0 amide bonds. The number of rotatable bonds is 3. The van der Waals surface area contributed by atoms with Gasteiger partial charge in [0, 0.05) is 41.1 Å². The molecule has 0 aliphatic rings. The summed E-state index contributed by atoms with van der Waals surface area (Å²) in [6, 6.07) is 11.9. The van der Waals surface area contributed by atoms with Crippen LogP contribution in [0.5, 0.6) is 11.5 Å². The van der Waals surface area contributed by atoms with Gasteiger partial charge in [-0.15, -0.1) is 0 Å². The van der Waals surface area contributed by atoms with E-state index in [-0.39, 0.29) is 0 Å². The number of hydrogen-bond donors (Lipinski definition) is 1. The highest BCUT2D eigenvalue weighted by Gasteiger charge is 2.09. The Morgan fingerprint density at radius 3 is 2.71 bits per heavy atom. The molecule has 0 radical (unpaired) electrons. The Kier molecular flexibility index (Phi) is 3.54. The first-order chi connectivity index (χ1) is 10.2. The van der Waals surface area contributed by atoms with Crippen LogP contribution in [-0.2, 0) is 6.54 Å². The zero-order valence-corrected chi connectivity index (χ0v) is 12.1. The van der Waals surface area contributed by atoms with Crippen LogP contribution in [0.25, 0.3) is 10.9 Å². The molecule has 21 heavy (non-hydrogen) atoms. The van der Waals surface area contributed by atoms with Crippen LogP contribution < -0.4 is 10.5 Å². The van der Waals surface area contributed by atoms with E-state index >= 15 is 0 Å². The summed E-state index contributed by atoms with van der Waals surface area (Å²) in [5.41, 5.74) is 9.35. The molecule has 3 rings (SSSR count). The van der Waals surface area contributed by atoms with Gasteiger partial charge in [0.15, 0.2) is 5.75 Å². The summed E-state index contributed by atoms with van der Waals surface area (Å²) in [5.74, 6) is 1.47. The number of pyridine rings is 2. The monoisotopic (exact) mass is 279 g/mol. The molecule has 0 saturated heterocycles. The summed E-state index contributed by atoms with van der Waals surface area (Å²) in [4.78, 5) is 8.83. The van der Waals surface area contributed by atoms with Crippen molar-refractivity contribution >= 4 is 10.9 Å². The first kappa shape index (κ1) is 13.5. The van der Waals surface area contributed by atoms with Crippen LogP contribution >= 0.6 is 0 Å². The van der Waals surface area contributed by atoms with Gasteiger partial charge in [-0.1, -0.05) is 18.2 Å². The van der Waals surface area contributed by atoms with E-state index in [1.165, 1.54) is 0 Å². The van der Waals surface area contributed by atoms with Crippen molar-refractivity contribution in [1.29, 1.82) is 0 Å². The van der Waals surface area contributed by atoms with Crippen molar-refractivity contribution in [3.63, 3.8) is 0 Å². The van der Waals surface area contributed by atoms with Crippen LogP contribution in [0.15, 0.2) is 42.6 Å². The number of nitrogens with two attached hydrogens (primary N) is 1. The summed E-state index contributed by atoms with van der Waals surface area (Å²) in [5, 5.41) is 1.05. The fourth-order valence-electron chi connectivity index (χ4n) is 2.23. The van der Waals surface area contributed by atoms with E-state index in [9.17, 15) is 0 Å². The van der Waals surface area contributed by atoms with Gasteiger partial charge in [0.1, 0.15) is 11.3 Å². The molecule has 4 nitrogen and oxygen atoms in total. The Balaban J connectivity index is 2.10. The normalized spacial score (nSPS) is 10.8. The van der Waals surface area contributed by atoms with Crippen molar-refractivity contribution in [3.8, 4) is 11.5 Å². The maximum atomic E-state index is 6.07. The van der Waals surface area contributed by atoms with E-state index in [2.05, 4.69) is 9.97 Å². The first-order valence-corrected chi connectivity index (χ1v) is 6.87. The number of aromatic nitrogens is 2. The van der Waals surface area contributed by atoms with Gasteiger partial charge in [-0.25, -0.2) is 4.98 Å². The van der Waals surface area contributed by atoms with Crippen LogP contribution in [0.3, 0.4) is 0 Å². The SMILES string of the molecule is Cc1cc(Oc2cccc3ccc(C)nc23)c(CN)cn1. The number of benzene rings is 1. The Bertz CT molecular complexity index is 799. The van der Waals surface area contributed by atoms with Gasteiger partial charge >= 0.3 is 0 Å². The third kappa shape index (κ3) is 2.71. The highest BCUT2D eigenvalue weighted by atomic mass is 16.5. The molecular weight excluding hydrogens is 262 g/mol. The number of ether oxygens (including phenoxy) is 1. The molecule has 0 spiro atoms. The van der Waals surface area contributed by atoms with Crippen LogP contribution in [0.2, 0.25) is 0 Å². The minimum Gasteiger partial charge on any atom is -0.455 e. The van der Waals surface area contributed by atoms with Crippen molar-refractivity contribution in [2.24, 2.45) is 5.73 Å². The molecule has 0 aliphatic heterocycles. The molecule has 0 bridgehead atoms. The van der Waals surface area contributed by atoms with Crippen LogP contribution in [-0.4, -0.2) is 9.97 Å². The largest absolute Gasteiger partial charge is 0.455 e. The number of nitrogens with zero attached hydrogens (tertiary/aromatic N) is 2. The van der Waals surface area contributed by atoms with Gasteiger partial charge in [-0.05, 0) is 26.0 Å². The highest BCUT2D eigenvalue weighted by molar-refractivity contribution is 5.84. The van der Waals surface area contributed by atoms with Crippen LogP contribution in [0.1, 0.15) is 17.0 Å². The Labute approximate surface area is 123 Å². The summed E-state index contributed by atoms with van der Waals surface area (Å²) < 4.78 is 6.07. The molecule has 2 aromatic heterocycles. The first-order valence-electron chi connectivity index (χ1n) is 6.87. The lowest BCUT2D eigenvalue weighted by Crippen LogP contribution is -2.01. The van der Waals surface area contributed by atoms with Crippen LogP contribution in [0.4, 0.5) is 0 Å². The van der Waals surface area contributed by atoms with E-state index in [4.69, 9.17) is 10.5 Å². The lowest BCUT2D eigenvalue weighted by molar-refractivity contribution is 0.479. The lowest BCUT2D eigenvalue weighted by atomic mass is 10.2. The van der Waals surface area contributed by atoms with Gasteiger partial charge < -0.3 is 10.5 Å². The van der Waals surface area contributed by atoms with Gasteiger partial charge in [0.25, 0.3) is 0 Å². The van der Waals surface area contributed by atoms with E-state index < -0.39 is 0 Å². The van der Waals surface area contributed by atoms with E-state index in [1.807, 2.05) is 50.2 Å². The third-order valence-electron chi connectivity index (χ3n) is 3.34. The second kappa shape index (κ2) is 5.50. The molecule has 4 heteroatoms. The highest BCUT2D eigenvalue weighted by Crippen LogP contribution is 2.30. The van der Waals surface area contributed by atoms with Gasteiger partial charge in [-0.3, -0.25) is 4.98 Å². The maximum Gasteiger partial charge on any atom is 0.153 e. The molecule has 0 saturated carbocycles. The van der Waals surface area contributed by atoms with Gasteiger partial charge in [0.2, 0.25) is 0 Å². The average Bonchev–Trinajstić information content (AvgIpc) is 2.48. The van der Waals surface area contributed by atoms with Crippen molar-refractivity contribution in [2.45, 2.75) is 20.4 Å². The fourth-order valence-corrected chi connectivity index (χ4v) is 2.23. The lowest BCUT2D eigenvalue weighted by Gasteiger charge is -2.12. The van der Waals surface area contributed by atoms with E-state index in [0.717, 1.165) is 39.4 Å². The summed E-state index contributed by atoms with van der Waals surface area (Å²) in [6.45, 7) is 4.29. The van der Waals surface area contributed by atoms with Gasteiger partial charge in [-0.2, -0.15) is 0 Å². The topological polar surface area (TPSA) is 61.0 Å². The van der Waals surface area contributed by atoms with Crippen molar-refractivity contribution in [3.05, 3.63) is 59.5 Å². The predicted molar refractivity (Wildman–Crippen MR) is 83.4 cm³/mol. The zero-order valence-electron chi connectivity index (χ0n) is 12.1. The zero-order chi connectivity index (χ0) is 14.8. The molecule has 3 aromatic rings. The summed E-state index contributed by atoms with van der Waals surface area (Å²) in [7, 11) is 0. The molecule has 0 atom stereocenters. The van der Waals surface area contributed by atoms with E-state index in [0.29, 0.717) is 6.54 Å². The number of fused-ring (bicyclic) bond motifs is 1. The average molecular weight is 279 g/mol. The van der Waals surface area contributed by atoms with Crippen molar-refractivity contribution in [1.82, 2.24) is 9.97 Å². The molecule has 0 unspecified atom stereocenters. The molecular formula is C17H17N3O. The molecule has 0 fully saturated rings. The quantitative estimate of drug-likeness (QED) is 0.797. The Morgan fingerprint density at radius 2 is 1.90 bits per heavy atom. The number of hydrogen-bond acceptors (Lipinski definition) is 4. The van der Waals surface area contributed by atoms with Crippen LogP contribution in [0, 0.1) is 13.8 Å². The van der Waals surface area contributed by atoms with Crippen molar-refractivity contribution < 1.29 is 4.74 Å². The van der Waals surface area contributed by atoms with E-state index in [1.54, 1.807) is 6.20 Å². The van der Waals surface area contributed by atoms with Gasteiger partial charge in [0.05, 0.1) is 0 Å². The third-order valence-corrected chi connectivity index (χ3v) is 3.34. The minimum absolute atomic E-state index is 0.389. The van der Waals surface area contributed by atoms with Crippen molar-refractivity contribution in [2.75, 3.05) is 0 Å². The second-order valence-electron chi connectivity index (χ2n) is 5.02. The molecule has 2 heterocycles. The second-order valence-corrected chi connectivity index (χ2v) is 5.02. The smallest absolute Gasteiger partial charge is 0.153 e. The fraction of sp³-hybridized carbons (Fsp3) is 0.176. The molecule has 2 N–H and O–H groups in total. The molecule has 0 aliphatic carbocycles. The number of aryl methyl sites for hydroxylation is 2. The summed E-state index contributed by atoms with van der Waals surface area (Å²) in [6.07, 6.45) is 1.76. The molecule has 106 valence electrons. The summed E-state index contributed by atoms with van der Waals surface area (Å²) >= 11 is 0.